The number of nitrogens with zero attached hydrogens (tertiary/aromatic N) is 4. The SMILES string of the molecule is CCCC[n+]1ccn(CCn2cc[n+](CCCC)c2)c1. The average Bonchev–Trinajstić information content (AvgIpc) is 3.10. The molecule has 2 rings (SSSR count). The van der Waals surface area contributed by atoms with Gasteiger partial charge < -0.3 is 0 Å². The maximum atomic E-state index is 2.28. The Morgan fingerprint density at radius 3 is 1.60 bits per heavy atom. The van der Waals surface area contributed by atoms with Crippen LogP contribution in [0.4, 0.5) is 0 Å². The van der Waals surface area contributed by atoms with Crippen molar-refractivity contribution in [2.45, 2.75) is 65.7 Å². The number of hydrogen-bond acceptors (Lipinski definition) is 0. The van der Waals surface area contributed by atoms with Crippen molar-refractivity contribution in [2.75, 3.05) is 0 Å². The van der Waals surface area contributed by atoms with Crippen LogP contribution < -0.4 is 9.13 Å². The molecule has 0 radical (unpaired) electrons. The second-order valence-electron chi connectivity index (χ2n) is 5.49. The summed E-state index contributed by atoms with van der Waals surface area (Å²) in [4.78, 5) is 0. The van der Waals surface area contributed by atoms with Crippen LogP contribution in [-0.2, 0) is 26.2 Å². The second-order valence-corrected chi connectivity index (χ2v) is 5.49. The van der Waals surface area contributed by atoms with E-state index in [9.17, 15) is 0 Å². The van der Waals surface area contributed by atoms with E-state index >= 15 is 0 Å². The molecular formula is C16H28N4+2. The highest BCUT2D eigenvalue weighted by Crippen LogP contribution is 1.93. The molecule has 0 aliphatic carbocycles. The highest BCUT2D eigenvalue weighted by atomic mass is 15.2. The van der Waals surface area contributed by atoms with Gasteiger partial charge in [-0.05, 0) is 12.8 Å². The summed E-state index contributed by atoms with van der Waals surface area (Å²) in [7, 11) is 0. The van der Waals surface area contributed by atoms with Crippen molar-refractivity contribution in [1.29, 1.82) is 0 Å². The summed E-state index contributed by atoms with van der Waals surface area (Å²) in [5.74, 6) is 0. The molecule has 0 N–H and O–H groups in total. The Kier molecular flexibility index (Phi) is 5.84. The third kappa shape index (κ3) is 4.51. The van der Waals surface area contributed by atoms with Crippen LogP contribution in [0.25, 0.3) is 0 Å². The number of unbranched alkanes of at least 4 members (excludes halogenated alkanes) is 2. The van der Waals surface area contributed by atoms with Gasteiger partial charge in [0.2, 0.25) is 12.7 Å². The van der Waals surface area contributed by atoms with Crippen LogP contribution in [0.15, 0.2) is 37.4 Å². The fourth-order valence-electron chi connectivity index (χ4n) is 2.32. The lowest BCUT2D eigenvalue weighted by Crippen LogP contribution is -2.31. The van der Waals surface area contributed by atoms with Crippen LogP contribution in [0.5, 0.6) is 0 Å². The van der Waals surface area contributed by atoms with E-state index in [0.717, 1.165) is 26.2 Å². The third-order valence-electron chi connectivity index (χ3n) is 3.65. The minimum atomic E-state index is 1.03. The van der Waals surface area contributed by atoms with Gasteiger partial charge >= 0.3 is 0 Å². The van der Waals surface area contributed by atoms with Crippen molar-refractivity contribution in [3.63, 3.8) is 0 Å². The van der Waals surface area contributed by atoms with Gasteiger partial charge in [-0.1, -0.05) is 26.7 Å². The monoisotopic (exact) mass is 276 g/mol. The molecule has 2 heterocycles. The summed E-state index contributed by atoms with van der Waals surface area (Å²) in [5.41, 5.74) is 0. The van der Waals surface area contributed by atoms with Crippen LogP contribution in [0.1, 0.15) is 39.5 Å². The zero-order valence-electron chi connectivity index (χ0n) is 12.9. The molecule has 0 fully saturated rings. The summed E-state index contributed by atoms with van der Waals surface area (Å²) in [6, 6.07) is 0. The lowest BCUT2D eigenvalue weighted by Gasteiger charge is -1.95. The zero-order chi connectivity index (χ0) is 14.2. The fourth-order valence-corrected chi connectivity index (χ4v) is 2.32. The van der Waals surface area contributed by atoms with Crippen LogP contribution in [0.2, 0.25) is 0 Å². The average molecular weight is 276 g/mol. The van der Waals surface area contributed by atoms with Crippen molar-refractivity contribution in [2.24, 2.45) is 0 Å². The highest BCUT2D eigenvalue weighted by molar-refractivity contribution is 4.70. The molecule has 0 bridgehead atoms. The topological polar surface area (TPSA) is 17.6 Å². The molecule has 4 heteroatoms. The molecule has 4 nitrogen and oxygen atoms in total. The molecule has 2 aromatic heterocycles. The van der Waals surface area contributed by atoms with E-state index < -0.39 is 0 Å². The summed E-state index contributed by atoms with van der Waals surface area (Å²) in [5, 5.41) is 0. The lowest BCUT2D eigenvalue weighted by molar-refractivity contribution is -0.697. The number of rotatable bonds is 9. The predicted octanol–water partition coefficient (Wildman–Crippen LogP) is 2.16. The van der Waals surface area contributed by atoms with Crippen molar-refractivity contribution >= 4 is 0 Å². The van der Waals surface area contributed by atoms with Gasteiger partial charge in [0.05, 0.1) is 13.1 Å². The number of imidazole rings is 2. The van der Waals surface area contributed by atoms with E-state index in [1.54, 1.807) is 0 Å². The van der Waals surface area contributed by atoms with E-state index in [0.29, 0.717) is 0 Å². The van der Waals surface area contributed by atoms with Crippen LogP contribution in [0, 0.1) is 0 Å². The Hall–Kier alpha value is -1.58. The zero-order valence-corrected chi connectivity index (χ0v) is 12.9. The first-order chi connectivity index (χ1) is 9.81. The van der Waals surface area contributed by atoms with E-state index in [1.807, 2.05) is 0 Å². The Labute approximate surface area is 122 Å². The maximum Gasteiger partial charge on any atom is 0.243 e. The Morgan fingerprint density at radius 1 is 0.750 bits per heavy atom. The minimum absolute atomic E-state index is 1.03. The first-order valence-corrected chi connectivity index (χ1v) is 7.91. The first-order valence-electron chi connectivity index (χ1n) is 7.91. The van der Waals surface area contributed by atoms with Crippen molar-refractivity contribution in [3.05, 3.63) is 37.4 Å². The van der Waals surface area contributed by atoms with Crippen LogP contribution in [0.3, 0.4) is 0 Å². The molecule has 0 aromatic carbocycles. The molecule has 0 saturated heterocycles. The third-order valence-corrected chi connectivity index (χ3v) is 3.65. The van der Waals surface area contributed by atoms with Gasteiger partial charge in [0, 0.05) is 0 Å². The smallest absolute Gasteiger partial charge is 0.237 e. The van der Waals surface area contributed by atoms with Gasteiger partial charge in [0.25, 0.3) is 0 Å². The molecular weight excluding hydrogens is 248 g/mol. The van der Waals surface area contributed by atoms with E-state index in [1.165, 1.54) is 25.7 Å². The summed E-state index contributed by atoms with van der Waals surface area (Å²) < 4.78 is 9.10. The van der Waals surface area contributed by atoms with Gasteiger partial charge in [-0.25, -0.2) is 18.3 Å². The van der Waals surface area contributed by atoms with Gasteiger partial charge in [0.15, 0.2) is 0 Å². The normalized spacial score (nSPS) is 11.1. The van der Waals surface area contributed by atoms with E-state index in [-0.39, 0.29) is 0 Å². The summed E-state index contributed by atoms with van der Waals surface area (Å²) in [6.45, 7) is 8.78. The van der Waals surface area contributed by atoms with Crippen molar-refractivity contribution in [3.8, 4) is 0 Å². The Bertz CT molecular complexity index is 452. The Balaban J connectivity index is 1.79. The molecule has 0 saturated carbocycles. The second kappa shape index (κ2) is 7.88. The predicted molar refractivity (Wildman–Crippen MR) is 79.1 cm³/mol. The van der Waals surface area contributed by atoms with Crippen LogP contribution in [-0.4, -0.2) is 9.13 Å². The molecule has 2 aromatic rings. The van der Waals surface area contributed by atoms with Gasteiger partial charge in [-0.3, -0.25) is 0 Å². The van der Waals surface area contributed by atoms with Crippen LogP contribution >= 0.6 is 0 Å². The molecule has 110 valence electrons. The quantitative estimate of drug-likeness (QED) is 0.625. The van der Waals surface area contributed by atoms with E-state index in [2.05, 4.69) is 69.6 Å². The molecule has 0 atom stereocenters. The molecule has 20 heavy (non-hydrogen) atoms. The van der Waals surface area contributed by atoms with Gasteiger partial charge in [-0.2, -0.15) is 0 Å². The Morgan fingerprint density at radius 2 is 1.20 bits per heavy atom. The number of hydrogen-bond donors (Lipinski definition) is 0. The minimum Gasteiger partial charge on any atom is -0.237 e. The summed E-state index contributed by atoms with van der Waals surface area (Å²) in [6.07, 6.45) is 18.1. The maximum absolute atomic E-state index is 2.28. The molecule has 0 unspecified atom stereocenters. The highest BCUT2D eigenvalue weighted by Gasteiger charge is 2.07. The van der Waals surface area contributed by atoms with Gasteiger partial charge in [-0.15, -0.1) is 0 Å². The molecule has 0 aliphatic rings. The van der Waals surface area contributed by atoms with Crippen molar-refractivity contribution < 1.29 is 9.13 Å². The van der Waals surface area contributed by atoms with Gasteiger partial charge in [0.1, 0.15) is 37.9 Å². The number of aryl methyl sites for hydroxylation is 4. The van der Waals surface area contributed by atoms with E-state index in [4.69, 9.17) is 0 Å². The molecule has 0 aliphatic heterocycles. The largest absolute Gasteiger partial charge is 0.243 e. The molecule has 0 spiro atoms. The molecule has 0 amide bonds. The van der Waals surface area contributed by atoms with Crippen molar-refractivity contribution in [1.82, 2.24) is 9.13 Å². The fraction of sp³-hybridized carbons (Fsp3) is 0.625. The first kappa shape index (κ1) is 14.8. The number of aromatic nitrogens is 4. The standard InChI is InChI=1S/C16H28N4/c1-3-5-7-17-9-11-19(15-17)13-14-20-12-10-18(16-20)8-6-4-2/h9-12,15-16H,3-8,13-14H2,1-2H3/q+2. The lowest BCUT2D eigenvalue weighted by atomic mass is 10.3. The summed E-state index contributed by atoms with van der Waals surface area (Å²) >= 11 is 0.